The number of fused-ring (bicyclic) bond motifs is 1. The van der Waals surface area contributed by atoms with Gasteiger partial charge in [-0.05, 0) is 48.2 Å². The van der Waals surface area contributed by atoms with Gasteiger partial charge in [0.25, 0.3) is 5.91 Å². The topological polar surface area (TPSA) is 38.1 Å². The van der Waals surface area contributed by atoms with Crippen LogP contribution in [0.4, 0.5) is 5.69 Å². The first-order valence-corrected chi connectivity index (χ1v) is 8.97. The van der Waals surface area contributed by atoms with Crippen LogP contribution in [-0.4, -0.2) is 15.5 Å². The monoisotopic (exact) mass is 355 g/mol. The molecule has 2 heterocycles. The van der Waals surface area contributed by atoms with Gasteiger partial charge in [0.2, 0.25) is 0 Å². The van der Waals surface area contributed by atoms with Crippen LogP contribution >= 0.6 is 0 Å². The molecule has 4 aromatic rings. The summed E-state index contributed by atoms with van der Waals surface area (Å²) in [6, 6.07) is 23.8. The van der Waals surface area contributed by atoms with Gasteiger partial charge in [-0.3, -0.25) is 9.78 Å². The van der Waals surface area contributed by atoms with Crippen molar-refractivity contribution in [3.8, 4) is 0 Å². The molecule has 0 spiro atoms. The van der Waals surface area contributed by atoms with Crippen LogP contribution in [0.3, 0.4) is 0 Å². The number of benzene rings is 2. The highest BCUT2D eigenvalue weighted by Gasteiger charge is 2.22. The average Bonchev–Trinajstić information content (AvgIpc) is 3.03. The predicted molar refractivity (Wildman–Crippen MR) is 109 cm³/mol. The van der Waals surface area contributed by atoms with E-state index in [-0.39, 0.29) is 5.91 Å². The molecule has 0 fully saturated rings. The molecule has 134 valence electrons. The van der Waals surface area contributed by atoms with Crippen LogP contribution in [0.25, 0.3) is 10.9 Å². The lowest BCUT2D eigenvalue weighted by atomic mass is 10.1. The molecule has 0 radical (unpaired) electrons. The molecule has 4 heteroatoms. The second kappa shape index (κ2) is 7.08. The summed E-state index contributed by atoms with van der Waals surface area (Å²) in [6.45, 7) is 2.50. The number of para-hydroxylation sites is 2. The molecule has 0 atom stereocenters. The molecule has 0 N–H and O–H groups in total. The van der Waals surface area contributed by atoms with Gasteiger partial charge in [0.1, 0.15) is 5.69 Å². The minimum atomic E-state index is -0.102. The van der Waals surface area contributed by atoms with E-state index in [4.69, 9.17) is 0 Å². The molecule has 2 aromatic carbocycles. The lowest BCUT2D eigenvalue weighted by Gasteiger charge is -2.24. The number of pyridine rings is 1. The van der Waals surface area contributed by atoms with Crippen molar-refractivity contribution < 1.29 is 4.79 Å². The van der Waals surface area contributed by atoms with Crippen molar-refractivity contribution in [3.05, 3.63) is 95.9 Å². The Kier molecular flexibility index (Phi) is 4.47. The number of carbonyl (C=O) groups is 1. The van der Waals surface area contributed by atoms with Crippen LogP contribution in [-0.2, 0) is 13.6 Å². The average molecular weight is 355 g/mol. The highest BCUT2D eigenvalue weighted by Crippen LogP contribution is 2.26. The third-order valence-electron chi connectivity index (χ3n) is 4.91. The first kappa shape index (κ1) is 17.0. The highest BCUT2D eigenvalue weighted by atomic mass is 16.2. The van der Waals surface area contributed by atoms with Crippen LogP contribution in [0.15, 0.2) is 79.0 Å². The number of aryl methyl sites for hydroxylation is 2. The van der Waals surface area contributed by atoms with Gasteiger partial charge < -0.3 is 9.47 Å². The minimum absolute atomic E-state index is 0.102. The van der Waals surface area contributed by atoms with Gasteiger partial charge in [-0.25, -0.2) is 0 Å². The summed E-state index contributed by atoms with van der Waals surface area (Å²) >= 11 is 0. The molecule has 4 nitrogen and oxygen atoms in total. The third kappa shape index (κ3) is 3.22. The number of nitrogens with zero attached hydrogens (tertiary/aromatic N) is 3. The summed E-state index contributed by atoms with van der Waals surface area (Å²) in [5.74, 6) is -0.102. The van der Waals surface area contributed by atoms with E-state index in [0.717, 1.165) is 22.5 Å². The summed E-state index contributed by atoms with van der Waals surface area (Å²) in [7, 11) is 2.04. The third-order valence-corrected chi connectivity index (χ3v) is 4.91. The lowest BCUT2D eigenvalue weighted by molar-refractivity contribution is 0.0979. The Balaban J connectivity index is 1.79. The summed E-state index contributed by atoms with van der Waals surface area (Å²) in [4.78, 5) is 19.4. The second-order valence-electron chi connectivity index (χ2n) is 6.65. The second-order valence-corrected chi connectivity index (χ2v) is 6.65. The van der Waals surface area contributed by atoms with Gasteiger partial charge in [0.05, 0.1) is 6.54 Å². The maximum atomic E-state index is 13.3. The predicted octanol–water partition coefficient (Wildman–Crippen LogP) is 4.73. The summed E-state index contributed by atoms with van der Waals surface area (Å²) in [5, 5.41) is 1.17. The standard InChI is InChI=1S/C23H21N3O/c1-17-9-3-5-12-21(17)26(23(27)20-11-7-8-14-24-20)16-19-15-18-10-4-6-13-22(18)25(19)2/h3-15H,16H2,1-2H3. The zero-order valence-corrected chi connectivity index (χ0v) is 15.5. The van der Waals surface area contributed by atoms with Crippen LogP contribution in [0, 0.1) is 6.92 Å². The molecular formula is C23H21N3O. The van der Waals surface area contributed by atoms with Crippen molar-refractivity contribution in [1.82, 2.24) is 9.55 Å². The van der Waals surface area contributed by atoms with Crippen LogP contribution < -0.4 is 4.90 Å². The van der Waals surface area contributed by atoms with Gasteiger partial charge in [0.15, 0.2) is 0 Å². The quantitative estimate of drug-likeness (QED) is 0.531. The molecule has 2 aromatic heterocycles. The number of anilines is 1. The Morgan fingerprint density at radius 1 is 1.00 bits per heavy atom. The Morgan fingerprint density at radius 3 is 2.48 bits per heavy atom. The largest absolute Gasteiger partial charge is 0.346 e. The lowest BCUT2D eigenvalue weighted by Crippen LogP contribution is -2.32. The Morgan fingerprint density at radius 2 is 1.74 bits per heavy atom. The number of aromatic nitrogens is 2. The molecule has 0 aliphatic carbocycles. The Hall–Kier alpha value is -3.40. The molecule has 0 saturated heterocycles. The SMILES string of the molecule is Cc1ccccc1N(Cc1cc2ccccc2n1C)C(=O)c1ccccn1. The normalized spacial score (nSPS) is 10.9. The van der Waals surface area contributed by atoms with Crippen molar-refractivity contribution in [2.24, 2.45) is 7.05 Å². The van der Waals surface area contributed by atoms with E-state index in [1.165, 1.54) is 5.39 Å². The van der Waals surface area contributed by atoms with Gasteiger partial charge in [-0.2, -0.15) is 0 Å². The summed E-state index contributed by atoms with van der Waals surface area (Å²) < 4.78 is 2.15. The van der Waals surface area contributed by atoms with Crippen molar-refractivity contribution in [1.29, 1.82) is 0 Å². The van der Waals surface area contributed by atoms with Crippen molar-refractivity contribution in [2.75, 3.05) is 4.90 Å². The smallest absolute Gasteiger partial charge is 0.277 e. The Labute approximate surface area is 158 Å². The molecule has 4 rings (SSSR count). The van der Waals surface area contributed by atoms with Crippen molar-refractivity contribution in [2.45, 2.75) is 13.5 Å². The molecular weight excluding hydrogens is 334 g/mol. The van der Waals surface area contributed by atoms with Crippen LogP contribution in [0.1, 0.15) is 21.7 Å². The van der Waals surface area contributed by atoms with E-state index in [1.807, 2.05) is 67.4 Å². The molecule has 0 bridgehead atoms. The number of hydrogen-bond acceptors (Lipinski definition) is 2. The number of amides is 1. The van der Waals surface area contributed by atoms with E-state index in [2.05, 4.69) is 27.8 Å². The van der Waals surface area contributed by atoms with Gasteiger partial charge in [-0.15, -0.1) is 0 Å². The Bertz CT molecular complexity index is 1100. The first-order chi connectivity index (χ1) is 13.1. The molecule has 27 heavy (non-hydrogen) atoms. The van der Waals surface area contributed by atoms with Crippen molar-refractivity contribution in [3.63, 3.8) is 0 Å². The van der Waals surface area contributed by atoms with Crippen molar-refractivity contribution >= 4 is 22.5 Å². The van der Waals surface area contributed by atoms with Gasteiger partial charge >= 0.3 is 0 Å². The van der Waals surface area contributed by atoms with Gasteiger partial charge in [-0.1, -0.05) is 42.5 Å². The number of carbonyl (C=O) groups excluding carboxylic acids is 1. The van der Waals surface area contributed by atoms with Gasteiger partial charge in [0, 0.05) is 30.1 Å². The minimum Gasteiger partial charge on any atom is -0.346 e. The highest BCUT2D eigenvalue weighted by molar-refractivity contribution is 6.05. The van der Waals surface area contributed by atoms with E-state index in [9.17, 15) is 4.79 Å². The van der Waals surface area contributed by atoms with E-state index in [1.54, 1.807) is 12.3 Å². The number of rotatable bonds is 4. The maximum absolute atomic E-state index is 13.3. The van der Waals surface area contributed by atoms with E-state index < -0.39 is 0 Å². The zero-order chi connectivity index (χ0) is 18.8. The molecule has 0 aliphatic heterocycles. The van der Waals surface area contributed by atoms with Crippen LogP contribution in [0.2, 0.25) is 0 Å². The fourth-order valence-electron chi connectivity index (χ4n) is 3.42. The fourth-order valence-corrected chi connectivity index (χ4v) is 3.42. The fraction of sp³-hybridized carbons (Fsp3) is 0.130. The maximum Gasteiger partial charge on any atom is 0.277 e. The van der Waals surface area contributed by atoms with Crippen LogP contribution in [0.5, 0.6) is 0 Å². The van der Waals surface area contributed by atoms with E-state index >= 15 is 0 Å². The first-order valence-electron chi connectivity index (χ1n) is 8.97. The summed E-state index contributed by atoms with van der Waals surface area (Å²) in [6.07, 6.45) is 1.65. The molecule has 0 saturated carbocycles. The van der Waals surface area contributed by atoms with E-state index in [0.29, 0.717) is 12.2 Å². The number of hydrogen-bond donors (Lipinski definition) is 0. The summed E-state index contributed by atoms with van der Waals surface area (Å²) in [5.41, 5.74) is 4.63. The molecule has 0 aliphatic rings. The molecule has 0 unspecified atom stereocenters. The molecule has 1 amide bonds. The zero-order valence-electron chi connectivity index (χ0n) is 15.5.